The maximum Gasteiger partial charge on any atom is 0.337 e. The van der Waals surface area contributed by atoms with Crippen LogP contribution in [0.2, 0.25) is 0 Å². The lowest BCUT2D eigenvalue weighted by Gasteiger charge is -2.18. The molecular formula is C17H23N3O4. The molecule has 0 atom stereocenters. The topological polar surface area (TPSA) is 90.9 Å². The molecule has 0 saturated carbocycles. The Morgan fingerprint density at radius 2 is 2.00 bits per heavy atom. The minimum absolute atomic E-state index is 0.119. The van der Waals surface area contributed by atoms with Crippen LogP contribution < -0.4 is 10.6 Å². The van der Waals surface area contributed by atoms with E-state index >= 15 is 0 Å². The molecule has 0 fully saturated rings. The van der Waals surface area contributed by atoms with Crippen LogP contribution in [0.1, 0.15) is 13.8 Å². The number of anilines is 2. The van der Waals surface area contributed by atoms with Gasteiger partial charge in [0.05, 0.1) is 37.2 Å². The number of para-hydroxylation sites is 2. The molecule has 0 bridgehead atoms. The first-order chi connectivity index (χ1) is 11.5. The van der Waals surface area contributed by atoms with E-state index in [2.05, 4.69) is 10.6 Å². The van der Waals surface area contributed by atoms with Gasteiger partial charge in [-0.05, 0) is 26.0 Å². The average molecular weight is 333 g/mol. The van der Waals surface area contributed by atoms with Crippen LogP contribution in [-0.4, -0.2) is 54.7 Å². The van der Waals surface area contributed by atoms with Gasteiger partial charge in [-0.1, -0.05) is 12.1 Å². The lowest BCUT2D eigenvalue weighted by atomic mass is 10.2. The fourth-order valence-electron chi connectivity index (χ4n) is 2.51. The van der Waals surface area contributed by atoms with Crippen LogP contribution in [0.5, 0.6) is 0 Å². The van der Waals surface area contributed by atoms with Crippen LogP contribution >= 0.6 is 0 Å². The van der Waals surface area contributed by atoms with Crippen molar-refractivity contribution < 1.29 is 19.4 Å². The highest BCUT2D eigenvalue weighted by Crippen LogP contribution is 2.27. The Morgan fingerprint density at radius 3 is 2.58 bits per heavy atom. The van der Waals surface area contributed by atoms with Gasteiger partial charge in [0, 0.05) is 12.6 Å². The summed E-state index contributed by atoms with van der Waals surface area (Å²) in [5.74, 6) is -0.885. The zero-order chi connectivity index (χ0) is 17.7. The number of benzene rings is 1. The first-order valence-electron chi connectivity index (χ1n) is 7.82. The lowest BCUT2D eigenvalue weighted by molar-refractivity contribution is -0.136. The van der Waals surface area contributed by atoms with Crippen molar-refractivity contribution in [1.82, 2.24) is 4.90 Å². The third-order valence-corrected chi connectivity index (χ3v) is 3.58. The minimum atomic E-state index is -0.555. The van der Waals surface area contributed by atoms with E-state index in [9.17, 15) is 9.59 Å². The second-order valence-corrected chi connectivity index (χ2v) is 5.77. The number of carbonyl (C=O) groups is 2. The Kier molecular flexibility index (Phi) is 5.81. The van der Waals surface area contributed by atoms with Gasteiger partial charge in [-0.2, -0.15) is 0 Å². The normalized spacial score (nSPS) is 14.4. The summed E-state index contributed by atoms with van der Waals surface area (Å²) in [7, 11) is 1.28. The Balaban J connectivity index is 2.34. The average Bonchev–Trinajstić information content (AvgIpc) is 2.85. The predicted molar refractivity (Wildman–Crippen MR) is 91.5 cm³/mol. The number of β-amino-alcohol motifs (C(OH)–C–C–N with tert-alkyl or cyclic N) is 1. The number of rotatable bonds is 7. The fourth-order valence-corrected chi connectivity index (χ4v) is 2.51. The molecule has 0 spiro atoms. The number of aliphatic hydroxyl groups is 1. The molecule has 0 saturated heterocycles. The Morgan fingerprint density at radius 1 is 1.33 bits per heavy atom. The molecule has 3 N–H and O–H groups in total. The van der Waals surface area contributed by atoms with Gasteiger partial charge < -0.3 is 25.4 Å². The Bertz CT molecular complexity index is 655. The molecule has 0 aliphatic carbocycles. The number of methoxy groups -OCH3 is 1. The maximum atomic E-state index is 12.5. The molecule has 1 aromatic carbocycles. The van der Waals surface area contributed by atoms with E-state index in [1.807, 2.05) is 38.1 Å². The number of esters is 1. The number of ether oxygens (including phenoxy) is 1. The summed E-state index contributed by atoms with van der Waals surface area (Å²) in [5.41, 5.74) is 1.98. The zero-order valence-electron chi connectivity index (χ0n) is 14.1. The zero-order valence-corrected chi connectivity index (χ0v) is 14.1. The highest BCUT2D eigenvalue weighted by atomic mass is 16.5. The van der Waals surface area contributed by atoms with Crippen molar-refractivity contribution in [2.75, 3.05) is 37.4 Å². The number of nitrogens with zero attached hydrogens (tertiary/aromatic N) is 1. The summed E-state index contributed by atoms with van der Waals surface area (Å²) in [6.45, 7) is 4.14. The van der Waals surface area contributed by atoms with Gasteiger partial charge in [-0.15, -0.1) is 0 Å². The molecule has 0 aromatic heterocycles. The first kappa shape index (κ1) is 17.8. The summed E-state index contributed by atoms with van der Waals surface area (Å²) < 4.78 is 4.78. The summed E-state index contributed by atoms with van der Waals surface area (Å²) in [6, 6.07) is 7.67. The Hall–Kier alpha value is -2.54. The van der Waals surface area contributed by atoms with Crippen molar-refractivity contribution in [3.05, 3.63) is 35.5 Å². The van der Waals surface area contributed by atoms with Gasteiger partial charge in [-0.3, -0.25) is 4.79 Å². The third kappa shape index (κ3) is 3.86. The second kappa shape index (κ2) is 7.83. The summed E-state index contributed by atoms with van der Waals surface area (Å²) >= 11 is 0. The van der Waals surface area contributed by atoms with Crippen LogP contribution in [0.4, 0.5) is 11.4 Å². The van der Waals surface area contributed by atoms with Crippen LogP contribution in [0.3, 0.4) is 0 Å². The summed E-state index contributed by atoms with van der Waals surface area (Å²) in [4.78, 5) is 25.9. The molecule has 0 unspecified atom stereocenters. The molecular weight excluding hydrogens is 310 g/mol. The van der Waals surface area contributed by atoms with E-state index in [1.54, 1.807) is 0 Å². The molecule has 7 heteroatoms. The molecule has 1 heterocycles. The molecule has 1 amide bonds. The molecule has 24 heavy (non-hydrogen) atoms. The summed E-state index contributed by atoms with van der Waals surface area (Å²) in [5, 5.41) is 15.4. The maximum absolute atomic E-state index is 12.5. The Labute approximate surface area is 141 Å². The SMILES string of the molecule is COC(=O)C1=C(Nc2ccccc2NC(C)C)C(=O)N(CCO)C1. The number of amides is 1. The van der Waals surface area contributed by atoms with Crippen molar-refractivity contribution in [2.45, 2.75) is 19.9 Å². The summed E-state index contributed by atoms with van der Waals surface area (Å²) in [6.07, 6.45) is 0. The standard InChI is InChI=1S/C17H23N3O4/c1-11(2)18-13-6-4-5-7-14(13)19-15-12(17(23)24-3)10-20(8-9-21)16(15)22/h4-7,11,18-19,21H,8-10H2,1-3H3. The van der Waals surface area contributed by atoms with E-state index in [-0.39, 0.29) is 42.9 Å². The molecule has 1 aromatic rings. The van der Waals surface area contributed by atoms with Crippen LogP contribution in [0.25, 0.3) is 0 Å². The van der Waals surface area contributed by atoms with Gasteiger partial charge in [0.1, 0.15) is 5.70 Å². The highest BCUT2D eigenvalue weighted by molar-refractivity contribution is 6.09. The predicted octanol–water partition coefficient (Wildman–Crippen LogP) is 1.18. The molecule has 1 aliphatic heterocycles. The van der Waals surface area contributed by atoms with E-state index < -0.39 is 5.97 Å². The molecule has 2 rings (SSSR count). The van der Waals surface area contributed by atoms with Gasteiger partial charge in [0.2, 0.25) is 0 Å². The second-order valence-electron chi connectivity index (χ2n) is 5.77. The molecule has 1 aliphatic rings. The van der Waals surface area contributed by atoms with Gasteiger partial charge in [0.25, 0.3) is 5.91 Å². The van der Waals surface area contributed by atoms with Crippen LogP contribution in [0.15, 0.2) is 35.5 Å². The fraction of sp³-hybridized carbons (Fsp3) is 0.412. The van der Waals surface area contributed by atoms with Crippen molar-refractivity contribution in [1.29, 1.82) is 0 Å². The van der Waals surface area contributed by atoms with Gasteiger partial charge >= 0.3 is 5.97 Å². The lowest BCUT2D eigenvalue weighted by Crippen LogP contribution is -2.31. The minimum Gasteiger partial charge on any atom is -0.466 e. The molecule has 7 nitrogen and oxygen atoms in total. The van der Waals surface area contributed by atoms with E-state index in [1.165, 1.54) is 12.0 Å². The van der Waals surface area contributed by atoms with Gasteiger partial charge in [0.15, 0.2) is 0 Å². The van der Waals surface area contributed by atoms with Gasteiger partial charge in [-0.25, -0.2) is 4.79 Å². The number of carbonyl (C=O) groups excluding carboxylic acids is 2. The molecule has 0 radical (unpaired) electrons. The van der Waals surface area contributed by atoms with E-state index in [0.717, 1.165) is 5.69 Å². The van der Waals surface area contributed by atoms with Crippen molar-refractivity contribution >= 4 is 23.3 Å². The number of aliphatic hydroxyl groups excluding tert-OH is 1. The number of nitrogens with one attached hydrogen (secondary N) is 2. The number of hydrogen-bond acceptors (Lipinski definition) is 6. The monoisotopic (exact) mass is 333 g/mol. The van der Waals surface area contributed by atoms with E-state index in [0.29, 0.717) is 5.69 Å². The highest BCUT2D eigenvalue weighted by Gasteiger charge is 2.34. The largest absolute Gasteiger partial charge is 0.466 e. The number of hydrogen-bond donors (Lipinski definition) is 3. The van der Waals surface area contributed by atoms with Crippen molar-refractivity contribution in [3.63, 3.8) is 0 Å². The quantitative estimate of drug-likeness (QED) is 0.649. The van der Waals surface area contributed by atoms with Crippen molar-refractivity contribution in [2.24, 2.45) is 0 Å². The van der Waals surface area contributed by atoms with Crippen LogP contribution in [0, 0.1) is 0 Å². The van der Waals surface area contributed by atoms with Crippen molar-refractivity contribution in [3.8, 4) is 0 Å². The third-order valence-electron chi connectivity index (χ3n) is 3.58. The smallest absolute Gasteiger partial charge is 0.337 e. The molecule has 130 valence electrons. The van der Waals surface area contributed by atoms with E-state index in [4.69, 9.17) is 9.84 Å². The first-order valence-corrected chi connectivity index (χ1v) is 7.82. The van der Waals surface area contributed by atoms with Crippen LogP contribution in [-0.2, 0) is 14.3 Å².